The highest BCUT2D eigenvalue weighted by atomic mass is 32.1. The molecule has 1 unspecified atom stereocenters. The number of hydrogen-bond donors (Lipinski definition) is 1. The van der Waals surface area contributed by atoms with Gasteiger partial charge in [0, 0.05) is 4.88 Å². The lowest BCUT2D eigenvalue weighted by atomic mass is 9.99. The third kappa shape index (κ3) is 3.90. The fourth-order valence-corrected chi connectivity index (χ4v) is 3.84. The maximum Gasteiger partial charge on any atom is 0.0900 e. The predicted octanol–water partition coefficient (Wildman–Crippen LogP) is 4.69. The minimum absolute atomic E-state index is 0.407. The topological polar surface area (TPSA) is 24.9 Å². The molecule has 19 heavy (non-hydrogen) atoms. The summed E-state index contributed by atoms with van der Waals surface area (Å²) in [6.45, 7) is 7.57. The van der Waals surface area contributed by atoms with Crippen LogP contribution in [-0.2, 0) is 0 Å². The molecule has 0 saturated carbocycles. The summed E-state index contributed by atoms with van der Waals surface area (Å²) in [5, 5.41) is 4.92. The van der Waals surface area contributed by atoms with E-state index in [1.807, 2.05) is 11.3 Å². The maximum atomic E-state index is 4.61. The van der Waals surface area contributed by atoms with Crippen LogP contribution >= 0.6 is 11.3 Å². The smallest absolute Gasteiger partial charge is 0.0900 e. The van der Waals surface area contributed by atoms with Crippen LogP contribution in [0.3, 0.4) is 0 Å². The summed E-state index contributed by atoms with van der Waals surface area (Å²) in [5.74, 6) is 0. The number of allylic oxidation sites excluding steroid dienone is 1. The highest BCUT2D eigenvalue weighted by Crippen LogP contribution is 2.34. The minimum Gasteiger partial charge on any atom is -0.306 e. The quantitative estimate of drug-likeness (QED) is 0.790. The molecular formula is C16H26N2S. The predicted molar refractivity (Wildman–Crippen MR) is 83.8 cm³/mol. The van der Waals surface area contributed by atoms with Gasteiger partial charge in [0.2, 0.25) is 0 Å². The second-order valence-corrected chi connectivity index (χ2v) is 6.68. The molecule has 0 saturated heterocycles. The monoisotopic (exact) mass is 278 g/mol. The molecule has 3 heteroatoms. The van der Waals surface area contributed by atoms with Crippen LogP contribution in [-0.4, -0.2) is 11.5 Å². The third-order valence-electron chi connectivity index (χ3n) is 3.75. The van der Waals surface area contributed by atoms with Crippen molar-refractivity contribution in [2.75, 3.05) is 6.54 Å². The van der Waals surface area contributed by atoms with Crippen molar-refractivity contribution >= 4 is 11.3 Å². The molecule has 1 aliphatic carbocycles. The Morgan fingerprint density at radius 3 is 2.84 bits per heavy atom. The van der Waals surface area contributed by atoms with Gasteiger partial charge in [0.05, 0.1) is 16.7 Å². The van der Waals surface area contributed by atoms with Crippen molar-refractivity contribution in [3.63, 3.8) is 0 Å². The fourth-order valence-electron chi connectivity index (χ4n) is 2.80. The molecule has 0 aromatic carbocycles. The molecule has 0 fully saturated rings. The summed E-state index contributed by atoms with van der Waals surface area (Å²) in [7, 11) is 0. The van der Waals surface area contributed by atoms with Crippen LogP contribution in [0.4, 0.5) is 0 Å². The molecule has 1 aliphatic rings. The molecule has 0 bridgehead atoms. The summed E-state index contributed by atoms with van der Waals surface area (Å²) in [4.78, 5) is 6.04. The van der Waals surface area contributed by atoms with Gasteiger partial charge in [-0.15, -0.1) is 11.3 Å². The highest BCUT2D eigenvalue weighted by Gasteiger charge is 2.21. The van der Waals surface area contributed by atoms with Gasteiger partial charge in [0.15, 0.2) is 0 Å². The van der Waals surface area contributed by atoms with Gasteiger partial charge in [-0.3, -0.25) is 0 Å². The zero-order valence-electron chi connectivity index (χ0n) is 12.5. The van der Waals surface area contributed by atoms with Crippen molar-refractivity contribution in [3.8, 4) is 0 Å². The Kier molecular flexibility index (Phi) is 5.59. The molecule has 1 heterocycles. The zero-order chi connectivity index (χ0) is 13.7. The van der Waals surface area contributed by atoms with Crippen LogP contribution < -0.4 is 5.32 Å². The summed E-state index contributed by atoms with van der Waals surface area (Å²) in [6, 6.07) is 0.407. The van der Waals surface area contributed by atoms with Crippen LogP contribution in [0.1, 0.15) is 67.1 Å². The summed E-state index contributed by atoms with van der Waals surface area (Å²) >= 11 is 1.86. The van der Waals surface area contributed by atoms with Crippen molar-refractivity contribution in [2.45, 2.75) is 65.3 Å². The SMILES string of the molecule is CCCNC(C1=CCCCCC1)c1sc(C)nc1C. The maximum absolute atomic E-state index is 4.61. The average Bonchev–Trinajstić information content (AvgIpc) is 2.60. The lowest BCUT2D eigenvalue weighted by Crippen LogP contribution is -2.24. The Balaban J connectivity index is 2.24. The van der Waals surface area contributed by atoms with Crippen LogP contribution in [0, 0.1) is 13.8 Å². The van der Waals surface area contributed by atoms with Gasteiger partial charge >= 0.3 is 0 Å². The Hall–Kier alpha value is -0.670. The lowest BCUT2D eigenvalue weighted by Gasteiger charge is -2.21. The Labute approximate surface area is 121 Å². The van der Waals surface area contributed by atoms with Crippen molar-refractivity contribution in [3.05, 3.63) is 27.2 Å². The number of aromatic nitrogens is 1. The molecule has 0 radical (unpaired) electrons. The van der Waals surface area contributed by atoms with E-state index in [1.165, 1.54) is 54.1 Å². The van der Waals surface area contributed by atoms with Gasteiger partial charge in [0.1, 0.15) is 0 Å². The summed E-state index contributed by atoms with van der Waals surface area (Å²) in [6.07, 6.45) is 10.2. The van der Waals surface area contributed by atoms with E-state index in [4.69, 9.17) is 0 Å². The molecule has 0 aliphatic heterocycles. The Bertz CT molecular complexity index is 434. The molecule has 2 rings (SSSR count). The van der Waals surface area contributed by atoms with E-state index in [2.05, 4.69) is 37.1 Å². The second-order valence-electron chi connectivity index (χ2n) is 5.45. The van der Waals surface area contributed by atoms with Crippen LogP contribution in [0.25, 0.3) is 0 Å². The molecular weight excluding hydrogens is 252 g/mol. The molecule has 1 aromatic heterocycles. The first-order valence-corrected chi connectivity index (χ1v) is 8.40. The van der Waals surface area contributed by atoms with Crippen LogP contribution in [0.15, 0.2) is 11.6 Å². The number of hydrogen-bond acceptors (Lipinski definition) is 3. The number of thiazole rings is 1. The molecule has 1 N–H and O–H groups in total. The van der Waals surface area contributed by atoms with Gasteiger partial charge in [-0.05, 0) is 52.5 Å². The fraction of sp³-hybridized carbons (Fsp3) is 0.688. The molecule has 2 nitrogen and oxygen atoms in total. The number of nitrogens with zero attached hydrogens (tertiary/aromatic N) is 1. The standard InChI is InChI=1S/C16H26N2S/c1-4-11-17-15(14-9-7-5-6-8-10-14)16-12(2)18-13(3)19-16/h9,15,17H,4-8,10-11H2,1-3H3. The van der Waals surface area contributed by atoms with Gasteiger partial charge < -0.3 is 5.32 Å². The zero-order valence-corrected chi connectivity index (χ0v) is 13.3. The summed E-state index contributed by atoms with van der Waals surface area (Å²) in [5.41, 5.74) is 2.80. The average molecular weight is 278 g/mol. The first-order chi connectivity index (χ1) is 9.22. The molecule has 0 amide bonds. The molecule has 1 atom stereocenters. The molecule has 106 valence electrons. The first-order valence-electron chi connectivity index (χ1n) is 7.58. The number of nitrogens with one attached hydrogen (secondary N) is 1. The van der Waals surface area contributed by atoms with Gasteiger partial charge in [-0.1, -0.05) is 25.0 Å². The van der Waals surface area contributed by atoms with E-state index in [0.717, 1.165) is 6.54 Å². The van der Waals surface area contributed by atoms with E-state index in [0.29, 0.717) is 6.04 Å². The number of rotatable bonds is 5. The van der Waals surface area contributed by atoms with Gasteiger partial charge in [0.25, 0.3) is 0 Å². The van der Waals surface area contributed by atoms with Gasteiger partial charge in [-0.2, -0.15) is 0 Å². The van der Waals surface area contributed by atoms with Crippen LogP contribution in [0.2, 0.25) is 0 Å². The van der Waals surface area contributed by atoms with Crippen LogP contribution in [0.5, 0.6) is 0 Å². The first kappa shape index (κ1) is 14.7. The van der Waals surface area contributed by atoms with Crippen molar-refractivity contribution in [1.82, 2.24) is 10.3 Å². The van der Waals surface area contributed by atoms with Crippen molar-refractivity contribution < 1.29 is 0 Å². The third-order valence-corrected chi connectivity index (χ3v) is 4.88. The molecule has 1 aromatic rings. The van der Waals surface area contributed by atoms with E-state index in [9.17, 15) is 0 Å². The molecule has 0 spiro atoms. The minimum atomic E-state index is 0.407. The highest BCUT2D eigenvalue weighted by molar-refractivity contribution is 7.11. The van der Waals surface area contributed by atoms with E-state index < -0.39 is 0 Å². The van der Waals surface area contributed by atoms with E-state index >= 15 is 0 Å². The summed E-state index contributed by atoms with van der Waals surface area (Å²) < 4.78 is 0. The Morgan fingerprint density at radius 1 is 1.32 bits per heavy atom. The Morgan fingerprint density at radius 2 is 2.16 bits per heavy atom. The van der Waals surface area contributed by atoms with E-state index in [1.54, 1.807) is 5.57 Å². The van der Waals surface area contributed by atoms with E-state index in [-0.39, 0.29) is 0 Å². The second kappa shape index (κ2) is 7.20. The largest absolute Gasteiger partial charge is 0.306 e. The van der Waals surface area contributed by atoms with Gasteiger partial charge in [-0.25, -0.2) is 4.98 Å². The lowest BCUT2D eigenvalue weighted by molar-refractivity contribution is 0.571. The van der Waals surface area contributed by atoms with Crippen molar-refractivity contribution in [2.24, 2.45) is 0 Å². The van der Waals surface area contributed by atoms with Crippen molar-refractivity contribution in [1.29, 1.82) is 0 Å². The normalized spacial score (nSPS) is 17.9. The number of aryl methyl sites for hydroxylation is 2.